The lowest BCUT2D eigenvalue weighted by Crippen LogP contribution is -2.06. The number of Topliss-reactive ketones (excluding diaryl/α,β-unsaturated/α-hetero) is 1. The molecule has 1 aliphatic carbocycles. The fourth-order valence-corrected chi connectivity index (χ4v) is 4.29. The van der Waals surface area contributed by atoms with Crippen molar-refractivity contribution >= 4 is 33.5 Å². The Bertz CT molecular complexity index is 936. The Morgan fingerprint density at radius 3 is 2.54 bits per heavy atom. The first-order valence-corrected chi connectivity index (χ1v) is 11.4. The summed E-state index contributed by atoms with van der Waals surface area (Å²) in [4.78, 5) is 12.3. The molecule has 1 fully saturated rings. The van der Waals surface area contributed by atoms with Gasteiger partial charge in [-0.3, -0.25) is 4.79 Å². The number of nitrogens with zero attached hydrogens (tertiary/aromatic N) is 3. The van der Waals surface area contributed by atoms with Crippen LogP contribution in [0.5, 0.6) is 0 Å². The van der Waals surface area contributed by atoms with E-state index in [1.54, 1.807) is 11.8 Å². The Morgan fingerprint density at radius 2 is 1.82 bits per heavy atom. The smallest absolute Gasteiger partial charge is 0.191 e. The third-order valence-corrected chi connectivity index (χ3v) is 6.40. The molecule has 1 heterocycles. The van der Waals surface area contributed by atoms with Gasteiger partial charge in [0.25, 0.3) is 0 Å². The lowest BCUT2D eigenvalue weighted by Gasteiger charge is -2.10. The van der Waals surface area contributed by atoms with E-state index < -0.39 is 0 Å². The molecule has 2 aromatic carbocycles. The van der Waals surface area contributed by atoms with Crippen molar-refractivity contribution < 1.29 is 4.79 Å². The average Bonchev–Trinajstić information content (AvgIpc) is 3.49. The molecule has 28 heavy (non-hydrogen) atoms. The number of benzene rings is 2. The summed E-state index contributed by atoms with van der Waals surface area (Å²) in [5.74, 6) is 2.72. The van der Waals surface area contributed by atoms with E-state index in [-0.39, 0.29) is 5.78 Å². The molecule has 4 rings (SSSR count). The van der Waals surface area contributed by atoms with Gasteiger partial charge < -0.3 is 4.57 Å². The van der Waals surface area contributed by atoms with Crippen LogP contribution in [0.3, 0.4) is 0 Å². The topological polar surface area (TPSA) is 47.8 Å². The molecule has 0 radical (unpaired) electrons. The van der Waals surface area contributed by atoms with Crippen molar-refractivity contribution in [1.82, 2.24) is 14.8 Å². The number of hydrogen-bond acceptors (Lipinski definition) is 4. The lowest BCUT2D eigenvalue weighted by atomic mass is 10.1. The van der Waals surface area contributed by atoms with E-state index in [0.717, 1.165) is 39.7 Å². The maximum absolute atomic E-state index is 12.3. The molecule has 4 nitrogen and oxygen atoms in total. The molecule has 0 aliphatic heterocycles. The average molecular weight is 456 g/mol. The number of thioether (sulfide) groups is 1. The van der Waals surface area contributed by atoms with Crippen LogP contribution in [0.1, 0.15) is 53.3 Å². The lowest BCUT2D eigenvalue weighted by molar-refractivity contribution is 0.0982. The van der Waals surface area contributed by atoms with Crippen LogP contribution in [0.2, 0.25) is 0 Å². The molecule has 0 spiro atoms. The standard InChI is InChI=1S/C22H22BrN3OS/c23-19-12-10-17(11-13-19)20(27)7-4-14-28-22-25-24-21(18-8-9-18)26(22)15-16-5-2-1-3-6-16/h1-3,5-6,10-13,18H,4,7-9,14-15H2. The highest BCUT2D eigenvalue weighted by Crippen LogP contribution is 2.40. The molecule has 0 atom stereocenters. The third-order valence-electron chi connectivity index (χ3n) is 4.82. The Balaban J connectivity index is 1.35. The van der Waals surface area contributed by atoms with Gasteiger partial charge in [-0.15, -0.1) is 10.2 Å². The van der Waals surface area contributed by atoms with Crippen molar-refractivity contribution in [3.63, 3.8) is 0 Å². The fourth-order valence-electron chi connectivity index (χ4n) is 3.14. The first kappa shape index (κ1) is 19.4. The zero-order valence-corrected chi connectivity index (χ0v) is 18.0. The van der Waals surface area contributed by atoms with Crippen LogP contribution in [-0.4, -0.2) is 26.3 Å². The highest BCUT2D eigenvalue weighted by atomic mass is 79.9. The molecule has 0 N–H and O–H groups in total. The zero-order chi connectivity index (χ0) is 19.3. The van der Waals surface area contributed by atoms with Crippen LogP contribution >= 0.6 is 27.7 Å². The SMILES string of the molecule is O=C(CCCSc1nnc(C2CC2)n1Cc1ccccc1)c1ccc(Br)cc1. The number of rotatable bonds is 9. The van der Waals surface area contributed by atoms with Crippen LogP contribution in [0, 0.1) is 0 Å². The van der Waals surface area contributed by atoms with Crippen molar-refractivity contribution in [3.05, 3.63) is 76.0 Å². The van der Waals surface area contributed by atoms with Gasteiger partial charge in [-0.2, -0.15) is 0 Å². The first-order valence-electron chi connectivity index (χ1n) is 9.59. The minimum atomic E-state index is 0.192. The van der Waals surface area contributed by atoms with Gasteiger partial charge in [-0.25, -0.2) is 0 Å². The minimum Gasteiger partial charge on any atom is -0.301 e. The highest BCUT2D eigenvalue weighted by Gasteiger charge is 2.30. The largest absolute Gasteiger partial charge is 0.301 e. The van der Waals surface area contributed by atoms with Gasteiger partial charge in [0, 0.05) is 28.1 Å². The predicted molar refractivity (Wildman–Crippen MR) is 116 cm³/mol. The Hall–Kier alpha value is -1.92. The molecule has 144 valence electrons. The van der Waals surface area contributed by atoms with Gasteiger partial charge in [-0.1, -0.05) is 70.2 Å². The molecular formula is C22H22BrN3OS. The van der Waals surface area contributed by atoms with Crippen molar-refractivity contribution in [1.29, 1.82) is 0 Å². The van der Waals surface area contributed by atoms with Crippen molar-refractivity contribution in [2.24, 2.45) is 0 Å². The molecule has 0 unspecified atom stereocenters. The molecule has 1 saturated carbocycles. The van der Waals surface area contributed by atoms with E-state index in [4.69, 9.17) is 0 Å². The van der Waals surface area contributed by atoms with Gasteiger partial charge in [-0.05, 0) is 37.0 Å². The minimum absolute atomic E-state index is 0.192. The summed E-state index contributed by atoms with van der Waals surface area (Å²) in [6.07, 6.45) is 3.80. The first-order chi connectivity index (χ1) is 13.7. The van der Waals surface area contributed by atoms with E-state index in [2.05, 4.69) is 55.0 Å². The summed E-state index contributed by atoms with van der Waals surface area (Å²) in [5, 5.41) is 9.87. The second-order valence-corrected chi connectivity index (χ2v) is 9.05. The van der Waals surface area contributed by atoms with Crippen LogP contribution in [0.15, 0.2) is 64.2 Å². The number of hydrogen-bond donors (Lipinski definition) is 0. The second kappa shape index (κ2) is 9.05. The van der Waals surface area contributed by atoms with E-state index in [0.29, 0.717) is 12.3 Å². The number of carbonyl (C=O) groups is 1. The zero-order valence-electron chi connectivity index (χ0n) is 15.6. The normalized spacial score (nSPS) is 13.6. The highest BCUT2D eigenvalue weighted by molar-refractivity contribution is 9.10. The van der Waals surface area contributed by atoms with Gasteiger partial charge in [0.1, 0.15) is 5.82 Å². The summed E-state index contributed by atoms with van der Waals surface area (Å²) >= 11 is 5.10. The molecule has 6 heteroatoms. The Morgan fingerprint density at radius 1 is 1.07 bits per heavy atom. The molecule has 1 aromatic heterocycles. The molecule has 1 aliphatic rings. The van der Waals surface area contributed by atoms with Crippen molar-refractivity contribution in [2.75, 3.05) is 5.75 Å². The van der Waals surface area contributed by atoms with E-state index >= 15 is 0 Å². The van der Waals surface area contributed by atoms with Gasteiger partial charge in [0.05, 0.1) is 6.54 Å². The van der Waals surface area contributed by atoms with E-state index in [1.807, 2.05) is 30.3 Å². The van der Waals surface area contributed by atoms with Gasteiger partial charge >= 0.3 is 0 Å². The Labute approximate surface area is 177 Å². The van der Waals surface area contributed by atoms with Crippen LogP contribution in [0.25, 0.3) is 0 Å². The molecule has 0 amide bonds. The molecule has 0 bridgehead atoms. The maximum Gasteiger partial charge on any atom is 0.191 e. The summed E-state index contributed by atoms with van der Waals surface area (Å²) in [6.45, 7) is 0.805. The fraction of sp³-hybridized carbons (Fsp3) is 0.318. The number of ketones is 1. The summed E-state index contributed by atoms with van der Waals surface area (Å²) in [5.41, 5.74) is 2.04. The summed E-state index contributed by atoms with van der Waals surface area (Å²) in [7, 11) is 0. The maximum atomic E-state index is 12.3. The number of aromatic nitrogens is 3. The van der Waals surface area contributed by atoms with Crippen molar-refractivity contribution in [2.45, 2.75) is 43.3 Å². The van der Waals surface area contributed by atoms with Crippen LogP contribution in [0.4, 0.5) is 0 Å². The van der Waals surface area contributed by atoms with E-state index in [9.17, 15) is 4.79 Å². The molecular weight excluding hydrogens is 434 g/mol. The van der Waals surface area contributed by atoms with Crippen LogP contribution < -0.4 is 0 Å². The molecule has 0 saturated heterocycles. The van der Waals surface area contributed by atoms with Gasteiger partial charge in [0.15, 0.2) is 10.9 Å². The molecule has 3 aromatic rings. The summed E-state index contributed by atoms with van der Waals surface area (Å²) < 4.78 is 3.25. The third kappa shape index (κ3) is 4.92. The second-order valence-electron chi connectivity index (χ2n) is 7.07. The predicted octanol–water partition coefficient (Wildman–Crippen LogP) is 5.72. The Kier molecular flexibility index (Phi) is 6.27. The van der Waals surface area contributed by atoms with Crippen molar-refractivity contribution in [3.8, 4) is 0 Å². The van der Waals surface area contributed by atoms with Crippen LogP contribution in [-0.2, 0) is 6.54 Å². The van der Waals surface area contributed by atoms with E-state index in [1.165, 1.54) is 18.4 Å². The summed E-state index contributed by atoms with van der Waals surface area (Å²) in [6, 6.07) is 18.0. The number of carbonyl (C=O) groups excluding carboxylic acids is 1. The van der Waals surface area contributed by atoms with Gasteiger partial charge in [0.2, 0.25) is 0 Å². The monoisotopic (exact) mass is 455 g/mol. The number of halogens is 1. The quantitative estimate of drug-likeness (QED) is 0.235.